The molecule has 0 saturated carbocycles. The Balaban J connectivity index is 1.66. The lowest BCUT2D eigenvalue weighted by atomic mass is 9.79. The van der Waals surface area contributed by atoms with Gasteiger partial charge in [-0.25, -0.2) is 0 Å². The molecule has 2 amide bonds. The molecule has 2 atom stereocenters. The molecule has 1 fully saturated rings. The maximum absolute atomic E-state index is 13.9. The van der Waals surface area contributed by atoms with Crippen LogP contribution in [0.15, 0.2) is 54.7 Å². The topological polar surface area (TPSA) is 56.4 Å². The van der Waals surface area contributed by atoms with E-state index in [1.165, 1.54) is 12.8 Å². The van der Waals surface area contributed by atoms with Gasteiger partial charge in [0.25, 0.3) is 5.91 Å². The average Bonchev–Trinajstić information content (AvgIpc) is 3.00. The van der Waals surface area contributed by atoms with Gasteiger partial charge in [-0.15, -0.1) is 0 Å². The van der Waals surface area contributed by atoms with E-state index < -0.39 is 5.92 Å². The standard InChI is InChI=1S/C25H27N3O2/c1-27-23(20-16-26-21-13-7-6-10-17(20)21)22(18-11-4-5-12-19(18)24(27)29)25(30)28-14-8-2-3-9-15-28/h4-7,10-13,16,22-23,26H,2-3,8-9,14-15H2,1H3/t22-,23-/m1/s1. The van der Waals surface area contributed by atoms with Crippen molar-refractivity contribution in [3.8, 4) is 0 Å². The van der Waals surface area contributed by atoms with Crippen LogP contribution < -0.4 is 0 Å². The van der Waals surface area contributed by atoms with Crippen molar-refractivity contribution in [1.29, 1.82) is 0 Å². The Hall–Kier alpha value is -3.08. The van der Waals surface area contributed by atoms with Crippen molar-refractivity contribution < 1.29 is 9.59 Å². The Bertz CT molecular complexity index is 1090. The molecular weight excluding hydrogens is 374 g/mol. The van der Waals surface area contributed by atoms with Crippen LogP contribution in [-0.2, 0) is 4.79 Å². The Kier molecular flexibility index (Phi) is 4.81. The molecule has 1 aromatic heterocycles. The minimum atomic E-state index is -0.402. The fourth-order valence-electron chi connectivity index (χ4n) is 5.16. The predicted octanol–water partition coefficient (Wildman–Crippen LogP) is 4.48. The molecule has 0 spiro atoms. The lowest BCUT2D eigenvalue weighted by Crippen LogP contribution is -2.47. The summed E-state index contributed by atoms with van der Waals surface area (Å²) < 4.78 is 0. The van der Waals surface area contributed by atoms with Gasteiger partial charge in [0.05, 0.1) is 12.0 Å². The first-order valence-electron chi connectivity index (χ1n) is 10.9. The van der Waals surface area contributed by atoms with Crippen molar-refractivity contribution in [2.24, 2.45) is 0 Å². The molecule has 0 radical (unpaired) electrons. The fraction of sp³-hybridized carbons (Fsp3) is 0.360. The van der Waals surface area contributed by atoms with Gasteiger partial charge < -0.3 is 14.8 Å². The van der Waals surface area contributed by atoms with Gasteiger partial charge in [0.1, 0.15) is 0 Å². The van der Waals surface area contributed by atoms with Crippen molar-refractivity contribution in [1.82, 2.24) is 14.8 Å². The summed E-state index contributed by atoms with van der Waals surface area (Å²) in [6.45, 7) is 1.60. The SMILES string of the molecule is CN1C(=O)c2ccccc2[C@@H](C(=O)N2CCCCCC2)[C@H]1c1c[nH]c2ccccc12. The molecule has 3 aromatic rings. The van der Waals surface area contributed by atoms with Crippen LogP contribution in [0.1, 0.15) is 59.1 Å². The number of aromatic amines is 1. The number of nitrogens with one attached hydrogen (secondary N) is 1. The average molecular weight is 402 g/mol. The number of fused-ring (bicyclic) bond motifs is 2. The molecule has 5 nitrogen and oxygen atoms in total. The number of nitrogens with zero attached hydrogens (tertiary/aromatic N) is 2. The zero-order valence-electron chi connectivity index (χ0n) is 17.3. The monoisotopic (exact) mass is 401 g/mol. The van der Waals surface area contributed by atoms with E-state index in [-0.39, 0.29) is 17.9 Å². The maximum Gasteiger partial charge on any atom is 0.254 e. The largest absolute Gasteiger partial charge is 0.361 e. The quantitative estimate of drug-likeness (QED) is 0.688. The molecule has 3 heterocycles. The second-order valence-corrected chi connectivity index (χ2v) is 8.45. The van der Waals surface area contributed by atoms with E-state index in [0.29, 0.717) is 5.56 Å². The zero-order chi connectivity index (χ0) is 20.7. The van der Waals surface area contributed by atoms with Crippen LogP contribution in [0.5, 0.6) is 0 Å². The summed E-state index contributed by atoms with van der Waals surface area (Å²) in [6.07, 6.45) is 6.42. The van der Waals surface area contributed by atoms with Gasteiger partial charge in [0, 0.05) is 48.4 Å². The molecule has 30 heavy (non-hydrogen) atoms. The molecule has 1 saturated heterocycles. The summed E-state index contributed by atoms with van der Waals surface area (Å²) in [4.78, 5) is 34.3. The number of hydrogen-bond donors (Lipinski definition) is 1. The van der Waals surface area contributed by atoms with Crippen molar-refractivity contribution in [2.45, 2.75) is 37.6 Å². The van der Waals surface area contributed by atoms with Gasteiger partial charge in [-0.2, -0.15) is 0 Å². The van der Waals surface area contributed by atoms with E-state index in [9.17, 15) is 9.59 Å². The summed E-state index contributed by atoms with van der Waals surface area (Å²) in [5.74, 6) is -0.291. The summed E-state index contributed by atoms with van der Waals surface area (Å²) in [6, 6.07) is 15.4. The highest BCUT2D eigenvalue weighted by atomic mass is 16.2. The lowest BCUT2D eigenvalue weighted by molar-refractivity contribution is -0.134. The van der Waals surface area contributed by atoms with E-state index in [2.05, 4.69) is 11.1 Å². The summed E-state index contributed by atoms with van der Waals surface area (Å²) >= 11 is 0. The van der Waals surface area contributed by atoms with Crippen LogP contribution in [0.4, 0.5) is 0 Å². The zero-order valence-corrected chi connectivity index (χ0v) is 17.3. The number of aromatic nitrogens is 1. The summed E-state index contributed by atoms with van der Waals surface area (Å²) in [5.41, 5.74) is 3.52. The summed E-state index contributed by atoms with van der Waals surface area (Å²) in [5, 5.41) is 1.06. The normalized spacial score (nSPS) is 22.1. The van der Waals surface area contributed by atoms with E-state index in [1.54, 1.807) is 4.90 Å². The Morgan fingerprint density at radius 2 is 1.63 bits per heavy atom. The number of benzene rings is 2. The van der Waals surface area contributed by atoms with Crippen LogP contribution in [0.3, 0.4) is 0 Å². The van der Waals surface area contributed by atoms with Gasteiger partial charge in [-0.05, 0) is 30.5 Å². The number of carbonyl (C=O) groups is 2. The number of hydrogen-bond acceptors (Lipinski definition) is 2. The molecular formula is C25H27N3O2. The minimum absolute atomic E-state index is 0.0270. The second-order valence-electron chi connectivity index (χ2n) is 8.45. The number of amides is 2. The summed E-state index contributed by atoms with van der Waals surface area (Å²) in [7, 11) is 1.83. The van der Waals surface area contributed by atoms with Crippen molar-refractivity contribution in [2.75, 3.05) is 20.1 Å². The lowest BCUT2D eigenvalue weighted by Gasteiger charge is -2.41. The molecule has 0 bridgehead atoms. The smallest absolute Gasteiger partial charge is 0.254 e. The molecule has 154 valence electrons. The van der Waals surface area contributed by atoms with Crippen LogP contribution in [0, 0.1) is 0 Å². The third-order valence-electron chi connectivity index (χ3n) is 6.70. The molecule has 1 N–H and O–H groups in total. The highest BCUT2D eigenvalue weighted by Gasteiger charge is 2.44. The number of likely N-dealkylation sites (tertiary alicyclic amines) is 1. The Morgan fingerprint density at radius 1 is 0.933 bits per heavy atom. The Morgan fingerprint density at radius 3 is 2.43 bits per heavy atom. The van der Waals surface area contributed by atoms with Gasteiger partial charge >= 0.3 is 0 Å². The Labute approximate surface area is 176 Å². The number of para-hydroxylation sites is 1. The highest BCUT2D eigenvalue weighted by Crippen LogP contribution is 2.45. The number of carbonyl (C=O) groups excluding carboxylic acids is 2. The maximum atomic E-state index is 13.9. The van der Waals surface area contributed by atoms with Gasteiger partial charge in [0.15, 0.2) is 0 Å². The molecule has 2 aliphatic rings. The highest BCUT2D eigenvalue weighted by molar-refractivity contribution is 6.02. The van der Waals surface area contributed by atoms with Gasteiger partial charge in [0.2, 0.25) is 5.91 Å². The predicted molar refractivity (Wildman–Crippen MR) is 117 cm³/mol. The third kappa shape index (κ3) is 3.00. The van der Waals surface area contributed by atoms with Crippen molar-refractivity contribution in [3.05, 3.63) is 71.4 Å². The molecule has 5 rings (SSSR count). The van der Waals surface area contributed by atoms with Gasteiger partial charge in [-0.1, -0.05) is 49.2 Å². The van der Waals surface area contributed by atoms with Gasteiger partial charge in [-0.3, -0.25) is 9.59 Å². The second kappa shape index (κ2) is 7.63. The van der Waals surface area contributed by atoms with Crippen LogP contribution in [-0.4, -0.2) is 46.7 Å². The third-order valence-corrected chi connectivity index (χ3v) is 6.70. The molecule has 2 aromatic carbocycles. The molecule has 2 aliphatic heterocycles. The van der Waals surface area contributed by atoms with Crippen LogP contribution in [0.25, 0.3) is 10.9 Å². The molecule has 0 aliphatic carbocycles. The van der Waals surface area contributed by atoms with Crippen LogP contribution >= 0.6 is 0 Å². The van der Waals surface area contributed by atoms with Crippen molar-refractivity contribution in [3.63, 3.8) is 0 Å². The van der Waals surface area contributed by atoms with E-state index in [0.717, 1.165) is 48.0 Å². The van der Waals surface area contributed by atoms with E-state index in [4.69, 9.17) is 0 Å². The first-order valence-corrected chi connectivity index (χ1v) is 10.9. The molecule has 5 heteroatoms. The fourth-order valence-corrected chi connectivity index (χ4v) is 5.16. The number of H-pyrrole nitrogens is 1. The minimum Gasteiger partial charge on any atom is -0.361 e. The van der Waals surface area contributed by atoms with E-state index >= 15 is 0 Å². The number of likely N-dealkylation sites (N-methyl/N-ethyl adjacent to an activating group) is 1. The van der Waals surface area contributed by atoms with Crippen LogP contribution in [0.2, 0.25) is 0 Å². The van der Waals surface area contributed by atoms with E-state index in [1.807, 2.05) is 60.6 Å². The first-order chi connectivity index (χ1) is 14.7. The first kappa shape index (κ1) is 18.9. The van der Waals surface area contributed by atoms with Crippen molar-refractivity contribution >= 4 is 22.7 Å². The molecule has 0 unspecified atom stereocenters. The number of rotatable bonds is 2.